The second kappa shape index (κ2) is 4.75. The zero-order valence-electron chi connectivity index (χ0n) is 10.0. The predicted molar refractivity (Wildman–Crippen MR) is 65.6 cm³/mol. The van der Waals surface area contributed by atoms with E-state index in [1.54, 1.807) is 7.11 Å². The first-order chi connectivity index (χ1) is 8.14. The molecular weight excluding hydrogens is 216 g/mol. The molecule has 4 nitrogen and oxygen atoms in total. The van der Waals surface area contributed by atoms with Crippen molar-refractivity contribution < 1.29 is 9.53 Å². The molecule has 0 atom stereocenters. The number of hydrogen-bond acceptors (Lipinski definition) is 3. The van der Waals surface area contributed by atoms with Crippen LogP contribution in [0.2, 0.25) is 0 Å². The Bertz CT molecular complexity index is 414. The van der Waals surface area contributed by atoms with E-state index in [1.165, 1.54) is 0 Å². The maximum Gasteiger partial charge on any atom is 0.240 e. The fourth-order valence-corrected chi connectivity index (χ4v) is 1.93. The molecule has 0 saturated heterocycles. The lowest BCUT2D eigenvalue weighted by molar-refractivity contribution is -0.129. The third kappa shape index (κ3) is 2.58. The van der Waals surface area contributed by atoms with Crippen LogP contribution < -0.4 is 15.8 Å². The molecule has 0 spiro atoms. The van der Waals surface area contributed by atoms with E-state index in [0.717, 1.165) is 30.6 Å². The van der Waals surface area contributed by atoms with Gasteiger partial charge < -0.3 is 15.8 Å². The number of nitrogens with two attached hydrogens (primary N) is 1. The minimum Gasteiger partial charge on any atom is -0.497 e. The van der Waals surface area contributed by atoms with Gasteiger partial charge in [-0.1, -0.05) is 12.1 Å². The fourth-order valence-electron chi connectivity index (χ4n) is 1.93. The summed E-state index contributed by atoms with van der Waals surface area (Å²) in [5.74, 6) is 0.745. The van der Waals surface area contributed by atoms with Crippen LogP contribution in [0.15, 0.2) is 24.3 Å². The Kier molecular flexibility index (Phi) is 3.33. The van der Waals surface area contributed by atoms with Crippen LogP contribution in [0.3, 0.4) is 0 Å². The molecule has 92 valence electrons. The second-order valence-electron chi connectivity index (χ2n) is 4.54. The Labute approximate surface area is 101 Å². The molecule has 0 unspecified atom stereocenters. The topological polar surface area (TPSA) is 64.3 Å². The van der Waals surface area contributed by atoms with E-state index in [2.05, 4.69) is 5.32 Å². The normalized spacial score (nSPS) is 17.1. The number of benzene rings is 1. The molecule has 2 rings (SSSR count). The van der Waals surface area contributed by atoms with Crippen LogP contribution in [0.4, 0.5) is 0 Å². The Balaban J connectivity index is 1.91. The van der Waals surface area contributed by atoms with Gasteiger partial charge in [-0.3, -0.25) is 4.79 Å². The molecule has 1 amide bonds. The summed E-state index contributed by atoms with van der Waals surface area (Å²) in [4.78, 5) is 11.8. The van der Waals surface area contributed by atoms with Crippen molar-refractivity contribution in [2.45, 2.75) is 31.3 Å². The van der Waals surface area contributed by atoms with Gasteiger partial charge >= 0.3 is 0 Å². The zero-order valence-corrected chi connectivity index (χ0v) is 10.0. The zero-order chi connectivity index (χ0) is 12.3. The molecule has 1 aromatic rings. The first-order valence-electron chi connectivity index (χ1n) is 5.84. The number of amides is 1. The number of ether oxygens (including phenoxy) is 1. The average molecular weight is 234 g/mol. The van der Waals surface area contributed by atoms with Crippen LogP contribution >= 0.6 is 0 Å². The summed E-state index contributed by atoms with van der Waals surface area (Å²) < 4.78 is 5.12. The van der Waals surface area contributed by atoms with Crippen molar-refractivity contribution in [3.05, 3.63) is 29.8 Å². The SMILES string of the molecule is COc1cccc(CNC(=O)C2(N)CCC2)c1. The number of rotatable bonds is 4. The molecule has 0 heterocycles. The van der Waals surface area contributed by atoms with E-state index in [4.69, 9.17) is 10.5 Å². The lowest BCUT2D eigenvalue weighted by Crippen LogP contribution is -2.58. The minimum atomic E-state index is -0.626. The molecule has 3 N–H and O–H groups in total. The fraction of sp³-hybridized carbons (Fsp3) is 0.462. The summed E-state index contributed by atoms with van der Waals surface area (Å²) in [6.07, 6.45) is 2.62. The highest BCUT2D eigenvalue weighted by Gasteiger charge is 2.39. The summed E-state index contributed by atoms with van der Waals surface area (Å²) in [5, 5.41) is 2.87. The Morgan fingerprint density at radius 2 is 2.29 bits per heavy atom. The molecule has 1 saturated carbocycles. The van der Waals surface area contributed by atoms with Crippen LogP contribution in [0.1, 0.15) is 24.8 Å². The Hall–Kier alpha value is -1.55. The van der Waals surface area contributed by atoms with Gasteiger partial charge in [0.25, 0.3) is 0 Å². The van der Waals surface area contributed by atoms with E-state index in [9.17, 15) is 4.79 Å². The number of nitrogens with one attached hydrogen (secondary N) is 1. The average Bonchev–Trinajstić information content (AvgIpc) is 2.33. The van der Waals surface area contributed by atoms with Crippen molar-refractivity contribution in [2.24, 2.45) is 5.73 Å². The molecule has 0 bridgehead atoms. The predicted octanol–water partition coefficient (Wildman–Crippen LogP) is 1.19. The van der Waals surface area contributed by atoms with Gasteiger partial charge in [0, 0.05) is 6.54 Å². The first-order valence-corrected chi connectivity index (χ1v) is 5.84. The third-order valence-corrected chi connectivity index (χ3v) is 3.29. The maximum atomic E-state index is 11.8. The van der Waals surface area contributed by atoms with Crippen molar-refractivity contribution in [3.8, 4) is 5.75 Å². The Morgan fingerprint density at radius 1 is 1.53 bits per heavy atom. The largest absolute Gasteiger partial charge is 0.497 e. The molecule has 4 heteroatoms. The van der Waals surface area contributed by atoms with E-state index < -0.39 is 5.54 Å². The summed E-state index contributed by atoms with van der Waals surface area (Å²) in [7, 11) is 1.63. The highest BCUT2D eigenvalue weighted by Crippen LogP contribution is 2.29. The second-order valence-corrected chi connectivity index (χ2v) is 4.54. The van der Waals surface area contributed by atoms with Gasteiger partial charge in [0.1, 0.15) is 5.75 Å². The molecule has 1 aromatic carbocycles. The molecule has 1 aliphatic carbocycles. The molecule has 0 radical (unpaired) electrons. The van der Waals surface area contributed by atoms with Gasteiger partial charge in [0.05, 0.1) is 12.6 Å². The summed E-state index contributed by atoms with van der Waals surface area (Å²) in [6, 6.07) is 7.64. The van der Waals surface area contributed by atoms with Crippen LogP contribution in [-0.2, 0) is 11.3 Å². The van der Waals surface area contributed by atoms with Gasteiger partial charge in [-0.05, 0) is 37.0 Å². The van der Waals surface area contributed by atoms with Crippen molar-refractivity contribution in [3.63, 3.8) is 0 Å². The van der Waals surface area contributed by atoms with Crippen LogP contribution in [0, 0.1) is 0 Å². The van der Waals surface area contributed by atoms with Gasteiger partial charge in [0.2, 0.25) is 5.91 Å². The van der Waals surface area contributed by atoms with Crippen LogP contribution in [-0.4, -0.2) is 18.6 Å². The number of carbonyl (C=O) groups is 1. The van der Waals surface area contributed by atoms with E-state index in [1.807, 2.05) is 24.3 Å². The quantitative estimate of drug-likeness (QED) is 0.822. The standard InChI is InChI=1S/C13H18N2O2/c1-17-11-5-2-4-10(8-11)9-15-12(16)13(14)6-3-7-13/h2,4-5,8H,3,6-7,9,14H2,1H3,(H,15,16). The lowest BCUT2D eigenvalue weighted by atomic mass is 9.77. The smallest absolute Gasteiger partial charge is 0.240 e. The van der Waals surface area contributed by atoms with Gasteiger partial charge in [0.15, 0.2) is 0 Å². The number of hydrogen-bond donors (Lipinski definition) is 2. The summed E-state index contributed by atoms with van der Waals surface area (Å²) in [5.41, 5.74) is 6.32. The number of carbonyl (C=O) groups excluding carboxylic acids is 1. The number of methoxy groups -OCH3 is 1. The minimum absolute atomic E-state index is 0.0495. The summed E-state index contributed by atoms with van der Waals surface area (Å²) in [6.45, 7) is 0.495. The lowest BCUT2D eigenvalue weighted by Gasteiger charge is -2.36. The van der Waals surface area contributed by atoms with Crippen LogP contribution in [0.5, 0.6) is 5.75 Å². The van der Waals surface area contributed by atoms with Crippen LogP contribution in [0.25, 0.3) is 0 Å². The third-order valence-electron chi connectivity index (χ3n) is 3.29. The Morgan fingerprint density at radius 3 is 2.88 bits per heavy atom. The van der Waals surface area contributed by atoms with E-state index in [0.29, 0.717) is 6.54 Å². The molecular formula is C13H18N2O2. The molecule has 1 aliphatic rings. The first kappa shape index (κ1) is 11.9. The van der Waals surface area contributed by atoms with Gasteiger partial charge in [-0.2, -0.15) is 0 Å². The van der Waals surface area contributed by atoms with Crippen molar-refractivity contribution in [1.29, 1.82) is 0 Å². The van der Waals surface area contributed by atoms with Gasteiger partial charge in [-0.25, -0.2) is 0 Å². The molecule has 0 aromatic heterocycles. The van der Waals surface area contributed by atoms with Gasteiger partial charge in [-0.15, -0.1) is 0 Å². The van der Waals surface area contributed by atoms with Crippen molar-refractivity contribution >= 4 is 5.91 Å². The monoisotopic (exact) mass is 234 g/mol. The summed E-state index contributed by atoms with van der Waals surface area (Å²) >= 11 is 0. The highest BCUT2D eigenvalue weighted by atomic mass is 16.5. The van der Waals surface area contributed by atoms with E-state index in [-0.39, 0.29) is 5.91 Å². The maximum absolute atomic E-state index is 11.8. The molecule has 1 fully saturated rings. The highest BCUT2D eigenvalue weighted by molar-refractivity contribution is 5.86. The molecule has 0 aliphatic heterocycles. The van der Waals surface area contributed by atoms with Crippen molar-refractivity contribution in [1.82, 2.24) is 5.32 Å². The van der Waals surface area contributed by atoms with E-state index >= 15 is 0 Å². The van der Waals surface area contributed by atoms with Crippen molar-refractivity contribution in [2.75, 3.05) is 7.11 Å². The molecule has 17 heavy (non-hydrogen) atoms.